The zero-order valence-electron chi connectivity index (χ0n) is 22.2. The molecule has 2 aliphatic heterocycles. The molecule has 5 rings (SSSR count). The molecule has 0 radical (unpaired) electrons. The summed E-state index contributed by atoms with van der Waals surface area (Å²) >= 11 is 0. The Labute approximate surface area is 226 Å². The predicted molar refractivity (Wildman–Crippen MR) is 142 cm³/mol. The summed E-state index contributed by atoms with van der Waals surface area (Å²) in [6, 6.07) is 10.4. The smallest absolute Gasteiger partial charge is 0.410 e. The highest BCUT2D eigenvalue weighted by atomic mass is 32.2. The first kappa shape index (κ1) is 26.9. The Morgan fingerprint density at radius 1 is 1.15 bits per heavy atom. The van der Waals surface area contributed by atoms with E-state index in [0.717, 1.165) is 8.61 Å². The Morgan fingerprint density at radius 2 is 1.82 bits per heavy atom. The predicted octanol–water partition coefficient (Wildman–Crippen LogP) is 3.83. The summed E-state index contributed by atoms with van der Waals surface area (Å²) in [5, 5.41) is 9.75. The zero-order chi connectivity index (χ0) is 28.3. The maximum absolute atomic E-state index is 13.6. The van der Waals surface area contributed by atoms with Crippen molar-refractivity contribution in [1.82, 2.24) is 9.88 Å². The van der Waals surface area contributed by atoms with Crippen molar-refractivity contribution in [3.8, 4) is 17.3 Å². The number of nitriles is 1. The number of carbonyl (C=O) groups is 1. The molecule has 39 heavy (non-hydrogen) atoms. The van der Waals surface area contributed by atoms with Gasteiger partial charge in [0.25, 0.3) is 5.92 Å². The van der Waals surface area contributed by atoms with Crippen molar-refractivity contribution in [2.24, 2.45) is 5.92 Å². The molecular formula is C26H30F2N6O4S. The zero-order valence-corrected chi connectivity index (χ0v) is 23.0. The number of hydrogen-bond donors (Lipinski definition) is 0. The molecule has 0 spiro atoms. The maximum atomic E-state index is 13.6. The number of carbonyl (C=O) groups excluding carboxylic acids is 1. The number of aromatic nitrogens is 1. The number of halogens is 2. The number of piperazine rings is 1. The van der Waals surface area contributed by atoms with Crippen LogP contribution >= 0.6 is 0 Å². The number of rotatable bonds is 4. The molecule has 2 fully saturated rings. The summed E-state index contributed by atoms with van der Waals surface area (Å²) in [6.07, 6.45) is -0.697. The molecule has 208 valence electrons. The van der Waals surface area contributed by atoms with E-state index < -0.39 is 27.7 Å². The van der Waals surface area contributed by atoms with Crippen molar-refractivity contribution in [1.29, 1.82) is 5.26 Å². The van der Waals surface area contributed by atoms with E-state index in [1.165, 1.54) is 7.05 Å². The lowest BCUT2D eigenvalue weighted by Gasteiger charge is -2.36. The molecule has 10 nitrogen and oxygen atoms in total. The highest BCUT2D eigenvalue weighted by molar-refractivity contribution is 7.94. The van der Waals surface area contributed by atoms with Crippen LogP contribution in [0.2, 0.25) is 0 Å². The van der Waals surface area contributed by atoms with Crippen LogP contribution in [0.15, 0.2) is 30.3 Å². The SMILES string of the molecule is CN1c2cc(-c3nc(N4CCN(C(=O)OC(C)(C)C)CC4)ccc3C#N)ccc2N(CC2CC2(F)F)S1(=O)=O. The molecule has 3 heterocycles. The van der Waals surface area contributed by atoms with Crippen molar-refractivity contribution in [3.05, 3.63) is 35.9 Å². The second kappa shape index (κ2) is 9.22. The number of anilines is 3. The minimum absolute atomic E-state index is 0.293. The molecule has 1 aromatic carbocycles. The van der Waals surface area contributed by atoms with E-state index >= 15 is 0 Å². The number of amides is 1. The maximum Gasteiger partial charge on any atom is 0.410 e. The lowest BCUT2D eigenvalue weighted by Crippen LogP contribution is -2.50. The number of benzene rings is 1. The summed E-state index contributed by atoms with van der Waals surface area (Å²) in [4.78, 5) is 20.8. The Balaban J connectivity index is 1.39. The van der Waals surface area contributed by atoms with E-state index in [9.17, 15) is 27.3 Å². The van der Waals surface area contributed by atoms with Crippen LogP contribution < -0.4 is 13.5 Å². The van der Waals surface area contributed by atoms with Gasteiger partial charge in [0.2, 0.25) is 0 Å². The molecule has 1 saturated carbocycles. The second-order valence-electron chi connectivity index (χ2n) is 11.0. The van der Waals surface area contributed by atoms with Gasteiger partial charge in [-0.1, -0.05) is 6.07 Å². The van der Waals surface area contributed by atoms with Crippen LogP contribution in [-0.2, 0) is 14.9 Å². The molecule has 1 amide bonds. The number of ether oxygens (including phenoxy) is 1. The van der Waals surface area contributed by atoms with Crippen molar-refractivity contribution in [2.45, 2.75) is 38.7 Å². The molecule has 0 N–H and O–H groups in total. The third-order valence-electron chi connectivity index (χ3n) is 7.08. The normalized spacial score (nSPS) is 21.4. The van der Waals surface area contributed by atoms with Crippen LogP contribution in [0.1, 0.15) is 32.8 Å². The highest BCUT2D eigenvalue weighted by Gasteiger charge is 2.59. The summed E-state index contributed by atoms with van der Waals surface area (Å²) in [7, 11) is -2.62. The van der Waals surface area contributed by atoms with Crippen LogP contribution in [0.5, 0.6) is 0 Å². The van der Waals surface area contributed by atoms with Crippen molar-refractivity contribution >= 4 is 33.5 Å². The molecular weight excluding hydrogens is 530 g/mol. The molecule has 1 aromatic heterocycles. The van der Waals surface area contributed by atoms with Gasteiger partial charge in [-0.15, -0.1) is 0 Å². The number of fused-ring (bicyclic) bond motifs is 1. The van der Waals surface area contributed by atoms with Crippen molar-refractivity contribution in [2.75, 3.05) is 53.3 Å². The lowest BCUT2D eigenvalue weighted by atomic mass is 10.0. The fraction of sp³-hybridized carbons (Fsp3) is 0.500. The monoisotopic (exact) mass is 560 g/mol. The van der Waals surface area contributed by atoms with Gasteiger partial charge in [0.1, 0.15) is 17.5 Å². The minimum atomic E-state index is -4.00. The van der Waals surface area contributed by atoms with Gasteiger partial charge in [-0.2, -0.15) is 13.7 Å². The van der Waals surface area contributed by atoms with Gasteiger partial charge < -0.3 is 14.5 Å². The fourth-order valence-corrected chi connectivity index (χ4v) is 6.23. The van der Waals surface area contributed by atoms with Crippen LogP contribution in [0, 0.1) is 17.2 Å². The first-order chi connectivity index (χ1) is 18.2. The number of hydrogen-bond acceptors (Lipinski definition) is 7. The molecule has 13 heteroatoms. The molecule has 2 aromatic rings. The van der Waals surface area contributed by atoms with E-state index in [1.54, 1.807) is 35.2 Å². The first-order valence-electron chi connectivity index (χ1n) is 12.6. The molecule has 3 aliphatic rings. The third-order valence-corrected chi connectivity index (χ3v) is 8.87. The van der Waals surface area contributed by atoms with E-state index in [-0.39, 0.29) is 19.1 Å². The Kier molecular flexibility index (Phi) is 6.37. The van der Waals surface area contributed by atoms with Crippen LogP contribution in [0.4, 0.5) is 30.8 Å². The van der Waals surface area contributed by atoms with Crippen molar-refractivity contribution < 1.29 is 26.7 Å². The number of nitrogens with zero attached hydrogens (tertiary/aromatic N) is 6. The van der Waals surface area contributed by atoms with Gasteiger partial charge in [0.15, 0.2) is 0 Å². The van der Waals surface area contributed by atoms with Crippen LogP contribution in [0.3, 0.4) is 0 Å². The third kappa shape index (κ3) is 5.05. The van der Waals surface area contributed by atoms with E-state index in [1.807, 2.05) is 25.7 Å². The average molecular weight is 561 g/mol. The molecule has 1 unspecified atom stereocenters. The fourth-order valence-electron chi connectivity index (χ4n) is 4.77. The quantitative estimate of drug-likeness (QED) is 0.559. The average Bonchev–Trinajstić information content (AvgIpc) is 3.44. The van der Waals surface area contributed by atoms with Crippen molar-refractivity contribution in [3.63, 3.8) is 0 Å². The molecule has 1 atom stereocenters. The summed E-state index contributed by atoms with van der Waals surface area (Å²) in [5.74, 6) is -3.24. The minimum Gasteiger partial charge on any atom is -0.444 e. The highest BCUT2D eigenvalue weighted by Crippen LogP contribution is 2.51. The number of alkyl halides is 2. The lowest BCUT2D eigenvalue weighted by molar-refractivity contribution is 0.0240. The Morgan fingerprint density at radius 3 is 2.41 bits per heavy atom. The van der Waals surface area contributed by atoms with Gasteiger partial charge >= 0.3 is 16.3 Å². The van der Waals surface area contributed by atoms with Gasteiger partial charge in [-0.3, -0.25) is 8.61 Å². The van der Waals surface area contributed by atoms with Gasteiger partial charge in [-0.25, -0.2) is 18.6 Å². The second-order valence-corrected chi connectivity index (χ2v) is 12.9. The van der Waals surface area contributed by atoms with Gasteiger partial charge in [0.05, 0.1) is 22.6 Å². The summed E-state index contributed by atoms with van der Waals surface area (Å²) in [6.45, 7) is 7.09. The van der Waals surface area contributed by atoms with Gasteiger partial charge in [-0.05, 0) is 45.0 Å². The summed E-state index contributed by atoms with van der Waals surface area (Å²) < 4.78 is 60.7. The van der Waals surface area contributed by atoms with E-state index in [2.05, 4.69) is 6.07 Å². The van der Waals surface area contributed by atoms with Crippen LogP contribution in [-0.4, -0.2) is 75.7 Å². The summed E-state index contributed by atoms with van der Waals surface area (Å²) in [5.41, 5.74) is 1.28. The van der Waals surface area contributed by atoms with E-state index in [4.69, 9.17) is 9.72 Å². The standard InChI is InChI=1S/C26H30F2N6O4S/c1-25(2,3)38-24(35)33-11-9-32(10-12-33)22-8-6-18(15-29)23(30-22)17-5-7-20-21(13-17)31(4)39(36,37)34(20)16-19-14-26(19,27)28/h5-8,13,19H,9-12,14,16H2,1-4H3. The molecule has 1 aliphatic carbocycles. The topological polar surface area (TPSA) is 110 Å². The van der Waals surface area contributed by atoms with E-state index in [0.29, 0.717) is 60.2 Å². The molecule has 1 saturated heterocycles. The molecule has 0 bridgehead atoms. The largest absolute Gasteiger partial charge is 0.444 e. The Hall–Kier alpha value is -3.66. The Bertz CT molecular complexity index is 1460. The number of pyridine rings is 1. The first-order valence-corrected chi connectivity index (χ1v) is 14.0. The van der Waals surface area contributed by atoms with Gasteiger partial charge in [0, 0.05) is 57.7 Å². The van der Waals surface area contributed by atoms with Crippen LogP contribution in [0.25, 0.3) is 11.3 Å².